The maximum absolute atomic E-state index is 2.63. The Labute approximate surface area is 483 Å². The van der Waals surface area contributed by atoms with Gasteiger partial charge < -0.3 is 9.80 Å². The van der Waals surface area contributed by atoms with Crippen LogP contribution < -0.4 is 9.80 Å². The zero-order valence-corrected chi connectivity index (χ0v) is 48.1. The molecule has 0 bridgehead atoms. The van der Waals surface area contributed by atoms with Gasteiger partial charge in [-0.25, -0.2) is 0 Å². The van der Waals surface area contributed by atoms with Gasteiger partial charge in [0.25, 0.3) is 0 Å². The second-order valence-electron chi connectivity index (χ2n) is 25.2. The van der Waals surface area contributed by atoms with E-state index in [1.165, 1.54) is 122 Å². The summed E-state index contributed by atoms with van der Waals surface area (Å²) in [5.41, 5.74) is 27.1. The van der Waals surface area contributed by atoms with Crippen LogP contribution in [0.25, 0.3) is 77.2 Å². The van der Waals surface area contributed by atoms with Crippen molar-refractivity contribution in [3.05, 3.63) is 288 Å². The summed E-state index contributed by atoms with van der Waals surface area (Å²) < 4.78 is 0. The molecule has 82 heavy (non-hydrogen) atoms. The molecule has 0 aliphatic heterocycles. The Hall–Kier alpha value is -9.24. The highest BCUT2D eigenvalue weighted by atomic mass is 15.2. The molecule has 12 aromatic carbocycles. The Bertz CT molecular complexity index is 4250. The first-order valence-corrected chi connectivity index (χ1v) is 29.3. The quantitative estimate of drug-likeness (QED) is 0.150. The predicted molar refractivity (Wildman–Crippen MR) is 348 cm³/mol. The Kier molecular flexibility index (Phi) is 11.0. The molecule has 0 fully saturated rings. The number of hydrogen-bond acceptors (Lipinski definition) is 2. The molecule has 0 atom stereocenters. The molecular formula is C80H66N2. The van der Waals surface area contributed by atoms with Gasteiger partial charge in [-0.05, 0) is 172 Å². The van der Waals surface area contributed by atoms with Gasteiger partial charge in [0, 0.05) is 44.1 Å². The summed E-state index contributed by atoms with van der Waals surface area (Å²) in [5.74, 6) is 0. The summed E-state index contributed by atoms with van der Waals surface area (Å²) in [4.78, 5) is 5.01. The highest BCUT2D eigenvalue weighted by Crippen LogP contribution is 2.63. The highest BCUT2D eigenvalue weighted by molar-refractivity contribution is 6.13. The van der Waals surface area contributed by atoms with Gasteiger partial charge >= 0.3 is 0 Å². The molecule has 2 heteroatoms. The maximum atomic E-state index is 2.63. The fourth-order valence-electron chi connectivity index (χ4n) is 14.8. The summed E-state index contributed by atoms with van der Waals surface area (Å²) in [6.45, 7) is 19.9. The van der Waals surface area contributed by atoms with E-state index in [1.54, 1.807) is 0 Å². The molecule has 0 aromatic heterocycles. The van der Waals surface area contributed by atoms with Gasteiger partial charge in [0.2, 0.25) is 0 Å². The molecule has 0 unspecified atom stereocenters. The van der Waals surface area contributed by atoms with Gasteiger partial charge in [0.05, 0.1) is 22.7 Å². The van der Waals surface area contributed by atoms with Crippen molar-refractivity contribution in [1.82, 2.24) is 0 Å². The lowest BCUT2D eigenvalue weighted by atomic mass is 9.54. The van der Waals surface area contributed by atoms with Crippen molar-refractivity contribution in [2.75, 3.05) is 9.80 Å². The predicted octanol–water partition coefficient (Wildman–Crippen LogP) is 22.1. The Balaban J connectivity index is 0.924. The lowest BCUT2D eigenvalue weighted by Gasteiger charge is -2.49. The number of nitrogens with zero attached hydrogens (tertiary/aromatic N) is 2. The van der Waals surface area contributed by atoms with Crippen molar-refractivity contribution in [3.8, 4) is 55.6 Å². The number of anilines is 6. The molecule has 3 aliphatic carbocycles. The molecule has 0 amide bonds. The first kappa shape index (κ1) is 49.8. The van der Waals surface area contributed by atoms with Gasteiger partial charge in [-0.3, -0.25) is 0 Å². The van der Waals surface area contributed by atoms with E-state index in [9.17, 15) is 0 Å². The molecule has 0 saturated heterocycles. The Morgan fingerprint density at radius 2 is 0.537 bits per heavy atom. The molecule has 2 nitrogen and oxygen atoms in total. The monoisotopic (exact) mass is 1050 g/mol. The second-order valence-corrected chi connectivity index (χ2v) is 25.2. The minimum Gasteiger partial charge on any atom is -0.309 e. The fraction of sp³-hybridized carbons (Fsp3) is 0.150. The van der Waals surface area contributed by atoms with Crippen molar-refractivity contribution in [1.29, 1.82) is 0 Å². The third-order valence-electron chi connectivity index (χ3n) is 19.8. The molecule has 15 rings (SSSR count). The molecule has 0 spiro atoms. The fourth-order valence-corrected chi connectivity index (χ4v) is 14.8. The summed E-state index contributed by atoms with van der Waals surface area (Å²) in [6.07, 6.45) is 0. The number of hydrogen-bond donors (Lipinski definition) is 0. The molecule has 3 aliphatic rings. The molecule has 0 heterocycles. The van der Waals surface area contributed by atoms with Gasteiger partial charge in [-0.2, -0.15) is 0 Å². The lowest BCUT2D eigenvalue weighted by Crippen LogP contribution is -2.43. The minimum atomic E-state index is -0.317. The van der Waals surface area contributed by atoms with E-state index in [2.05, 4.69) is 320 Å². The average Bonchev–Trinajstić information content (AvgIpc) is 1.58. The highest BCUT2D eigenvalue weighted by Gasteiger charge is 2.50. The van der Waals surface area contributed by atoms with Gasteiger partial charge in [0.15, 0.2) is 0 Å². The van der Waals surface area contributed by atoms with Gasteiger partial charge in [0.1, 0.15) is 0 Å². The summed E-state index contributed by atoms with van der Waals surface area (Å²) in [7, 11) is 0. The van der Waals surface area contributed by atoms with Crippen molar-refractivity contribution >= 4 is 55.7 Å². The third-order valence-corrected chi connectivity index (χ3v) is 19.8. The number of rotatable bonds is 8. The van der Waals surface area contributed by atoms with E-state index in [4.69, 9.17) is 0 Å². The SMILES string of the molecule is CC1(C)c2cc3c(cc2-c2c1cc(N(c1ccccc1)c1ccccc1-c1ccccc1)c1ccccc21)C(C)(C)C(C)(C)c1cc2c(cc1-3)C(C)(C)c1cc(N(c3ccccc3)c3ccccc3-c3ccccc3)c3ccccc3c1-2. The summed E-state index contributed by atoms with van der Waals surface area (Å²) in [5, 5.41) is 5.04. The maximum Gasteiger partial charge on any atom is 0.0543 e. The van der Waals surface area contributed by atoms with Crippen LogP contribution in [-0.2, 0) is 21.7 Å². The van der Waals surface area contributed by atoms with Crippen LogP contribution in [0.2, 0.25) is 0 Å². The van der Waals surface area contributed by atoms with Gasteiger partial charge in [-0.1, -0.05) is 237 Å². The van der Waals surface area contributed by atoms with Crippen LogP contribution in [0.5, 0.6) is 0 Å². The lowest BCUT2D eigenvalue weighted by molar-refractivity contribution is 0.299. The normalized spacial score (nSPS) is 15.2. The molecule has 396 valence electrons. The molecule has 0 radical (unpaired) electrons. The van der Waals surface area contributed by atoms with Crippen LogP contribution in [-0.4, -0.2) is 0 Å². The first-order valence-electron chi connectivity index (χ1n) is 29.3. The van der Waals surface area contributed by atoms with Crippen LogP contribution in [0.15, 0.2) is 255 Å². The third kappa shape index (κ3) is 7.13. The smallest absolute Gasteiger partial charge is 0.0543 e. The number of fused-ring (bicyclic) bond motifs is 13. The van der Waals surface area contributed by atoms with Crippen LogP contribution in [0.3, 0.4) is 0 Å². The van der Waals surface area contributed by atoms with E-state index in [-0.39, 0.29) is 21.7 Å². The van der Waals surface area contributed by atoms with Gasteiger partial charge in [-0.15, -0.1) is 0 Å². The van der Waals surface area contributed by atoms with Crippen molar-refractivity contribution in [2.45, 2.75) is 77.0 Å². The van der Waals surface area contributed by atoms with Crippen molar-refractivity contribution < 1.29 is 0 Å². The Morgan fingerprint density at radius 3 is 0.915 bits per heavy atom. The molecule has 0 saturated carbocycles. The zero-order chi connectivity index (χ0) is 55.9. The second kappa shape index (κ2) is 18.1. The largest absolute Gasteiger partial charge is 0.309 e. The zero-order valence-electron chi connectivity index (χ0n) is 48.1. The molecule has 0 N–H and O–H groups in total. The first-order chi connectivity index (χ1) is 39.7. The van der Waals surface area contributed by atoms with Crippen LogP contribution >= 0.6 is 0 Å². The van der Waals surface area contributed by atoms with E-state index in [0.29, 0.717) is 0 Å². The van der Waals surface area contributed by atoms with E-state index in [1.807, 2.05) is 0 Å². The number of benzene rings is 12. The Morgan fingerprint density at radius 1 is 0.232 bits per heavy atom. The van der Waals surface area contributed by atoms with E-state index in [0.717, 1.165) is 22.7 Å². The molecular weight excluding hydrogens is 989 g/mol. The molecule has 12 aromatic rings. The standard InChI is InChI=1S/C80H66N2/c1-77(2)65-45-61-62-46-66-64(76-60-42-24-22-40-58(60)74(50-70(76)78(66,3)4)82(54-35-19-12-20-36-54)72-44-28-26-38-56(72)52-31-15-10-16-32-52)48-68(62)80(7,8)79(5,6)67(61)47-63(65)75-59-41-23-21-39-57(59)73(49-69(75)77)81(53-33-17-11-18-34-53)71-43-27-25-37-55(71)51-29-13-9-14-30-51/h9-50H,1-8H3. The number of para-hydroxylation sites is 4. The minimum absolute atomic E-state index is 0.224. The van der Waals surface area contributed by atoms with Crippen LogP contribution in [0.1, 0.15) is 88.8 Å². The van der Waals surface area contributed by atoms with Crippen LogP contribution in [0, 0.1) is 0 Å². The van der Waals surface area contributed by atoms with Crippen molar-refractivity contribution in [3.63, 3.8) is 0 Å². The topological polar surface area (TPSA) is 6.48 Å². The van der Waals surface area contributed by atoms with E-state index >= 15 is 0 Å². The van der Waals surface area contributed by atoms with Crippen LogP contribution in [0.4, 0.5) is 34.1 Å². The summed E-state index contributed by atoms with van der Waals surface area (Å²) in [6, 6.07) is 95.3. The van der Waals surface area contributed by atoms with Crippen molar-refractivity contribution in [2.24, 2.45) is 0 Å². The summed E-state index contributed by atoms with van der Waals surface area (Å²) >= 11 is 0. The van der Waals surface area contributed by atoms with E-state index < -0.39 is 0 Å². The average molecular weight is 1060 g/mol.